The van der Waals surface area contributed by atoms with Gasteiger partial charge in [0.2, 0.25) is 6.29 Å². The first-order valence-corrected chi connectivity index (χ1v) is 8.27. The van der Waals surface area contributed by atoms with E-state index in [9.17, 15) is 29.4 Å². The topological polar surface area (TPSA) is 157 Å². The molecule has 1 fully saturated rings. The first kappa shape index (κ1) is 20.3. The van der Waals surface area contributed by atoms with Gasteiger partial charge in [0, 0.05) is 25.6 Å². The average molecular weight is 437 g/mol. The number of H-pyrrole nitrogens is 1. The number of aliphatic hydroxyl groups is 2. The van der Waals surface area contributed by atoms with Crippen LogP contribution in [0.4, 0.5) is 0 Å². The van der Waals surface area contributed by atoms with E-state index in [1.807, 2.05) is 0 Å². The number of esters is 2. The molecule has 0 amide bonds. The number of rotatable bonds is 4. The number of alkyl halides is 1. The van der Waals surface area contributed by atoms with Crippen molar-refractivity contribution in [1.82, 2.24) is 9.55 Å². The molecule has 12 heteroatoms. The minimum atomic E-state index is -2.48. The predicted octanol–water partition coefficient (Wildman–Crippen LogP) is -1.36. The Morgan fingerprint density at radius 2 is 2.00 bits per heavy atom. The zero-order valence-corrected chi connectivity index (χ0v) is 15.6. The van der Waals surface area contributed by atoms with Crippen molar-refractivity contribution < 1.29 is 34.0 Å². The molecule has 3 N–H and O–H groups in total. The molecule has 1 aliphatic rings. The van der Waals surface area contributed by atoms with Crippen LogP contribution in [0, 0.1) is 6.92 Å². The van der Waals surface area contributed by atoms with Crippen LogP contribution >= 0.6 is 15.9 Å². The van der Waals surface area contributed by atoms with E-state index < -0.39 is 52.4 Å². The number of aromatic amines is 1. The third-order valence-electron chi connectivity index (χ3n) is 3.61. The molecule has 26 heavy (non-hydrogen) atoms. The molecule has 144 valence electrons. The summed E-state index contributed by atoms with van der Waals surface area (Å²) >= 11 is 3.09. The molecule has 5 atom stereocenters. The fraction of sp³-hybridized carbons (Fsp3) is 0.571. The summed E-state index contributed by atoms with van der Waals surface area (Å²) in [5.41, 5.74) is -1.29. The van der Waals surface area contributed by atoms with E-state index in [4.69, 9.17) is 9.47 Å². The monoisotopic (exact) mass is 436 g/mol. The van der Waals surface area contributed by atoms with Crippen molar-refractivity contribution in [1.29, 1.82) is 0 Å². The summed E-state index contributed by atoms with van der Waals surface area (Å²) in [4.78, 5) is 46.9. The van der Waals surface area contributed by atoms with Crippen LogP contribution in [0.25, 0.3) is 0 Å². The zero-order chi connectivity index (χ0) is 19.8. The summed E-state index contributed by atoms with van der Waals surface area (Å²) in [6.45, 7) is 3.47. The first-order chi connectivity index (χ1) is 12.0. The highest BCUT2D eigenvalue weighted by atomic mass is 79.9. The summed E-state index contributed by atoms with van der Waals surface area (Å²) in [5.74, 6) is -4.27. The summed E-state index contributed by atoms with van der Waals surface area (Å²) in [7, 11) is 0. The van der Waals surface area contributed by atoms with Crippen molar-refractivity contribution in [3.63, 3.8) is 0 Å². The third-order valence-corrected chi connectivity index (χ3v) is 4.72. The van der Waals surface area contributed by atoms with Crippen molar-refractivity contribution in [3.05, 3.63) is 32.6 Å². The van der Waals surface area contributed by atoms with E-state index in [2.05, 4.69) is 25.7 Å². The maximum Gasteiger partial charge on any atom is 0.330 e. The van der Waals surface area contributed by atoms with Crippen molar-refractivity contribution in [2.24, 2.45) is 0 Å². The van der Waals surface area contributed by atoms with Gasteiger partial charge in [-0.15, -0.1) is 0 Å². The van der Waals surface area contributed by atoms with Gasteiger partial charge < -0.3 is 24.4 Å². The summed E-state index contributed by atoms with van der Waals surface area (Å²) in [6, 6.07) is 0. The Balaban J connectivity index is 2.50. The van der Waals surface area contributed by atoms with Crippen LogP contribution < -0.4 is 11.2 Å². The van der Waals surface area contributed by atoms with Gasteiger partial charge in [0.1, 0.15) is 4.83 Å². The maximum absolute atomic E-state index is 12.1. The Morgan fingerprint density at radius 1 is 1.38 bits per heavy atom. The highest BCUT2D eigenvalue weighted by Crippen LogP contribution is 2.43. The molecule has 0 spiro atoms. The van der Waals surface area contributed by atoms with E-state index >= 15 is 0 Å². The van der Waals surface area contributed by atoms with Gasteiger partial charge in [0.25, 0.3) is 11.3 Å². The van der Waals surface area contributed by atoms with Crippen molar-refractivity contribution in [2.45, 2.75) is 50.0 Å². The van der Waals surface area contributed by atoms with Gasteiger partial charge in [-0.05, 0) is 6.92 Å². The molecule has 0 saturated carbocycles. The molecular weight excluding hydrogens is 420 g/mol. The quantitative estimate of drug-likeness (QED) is 0.294. The van der Waals surface area contributed by atoms with Crippen LogP contribution in [0.3, 0.4) is 0 Å². The molecular formula is C14H17BrN2O9. The van der Waals surface area contributed by atoms with Crippen LogP contribution in [0.5, 0.6) is 0 Å². The molecule has 11 nitrogen and oxygen atoms in total. The number of nitrogens with one attached hydrogen (secondary N) is 1. The smallest absolute Gasteiger partial charge is 0.330 e. The van der Waals surface area contributed by atoms with Crippen molar-refractivity contribution in [3.8, 4) is 0 Å². The van der Waals surface area contributed by atoms with E-state index in [-0.39, 0.29) is 5.56 Å². The van der Waals surface area contributed by atoms with Gasteiger partial charge in [-0.2, -0.15) is 0 Å². The Labute approximate surface area is 154 Å². The lowest BCUT2D eigenvalue weighted by molar-refractivity contribution is -0.269. The largest absolute Gasteiger partial charge is 0.433 e. The van der Waals surface area contributed by atoms with E-state index in [1.54, 1.807) is 0 Å². The maximum atomic E-state index is 12.1. The number of hydrogen-bond donors (Lipinski definition) is 3. The fourth-order valence-corrected chi connectivity index (χ4v) is 3.24. The number of halogens is 1. The molecule has 1 unspecified atom stereocenters. The number of aryl methyl sites for hydroxylation is 1. The number of ether oxygens (including phenoxy) is 3. The lowest BCUT2D eigenvalue weighted by atomic mass is 10.1. The predicted molar refractivity (Wildman–Crippen MR) is 87.2 cm³/mol. The molecule has 0 radical (unpaired) electrons. The molecule has 2 rings (SSSR count). The number of aromatic nitrogens is 2. The standard InChI is InChI=1S/C14H17BrN2O9/c1-5-4-17(13(22)16-10(5)20)11-8(15)14(23,26-7(3)19)9(25-11)12(21)24-6(2)18/h4,8-9,11-12,21,23H,1-3H3,(H,16,20,22)/t8-,9+,11+,12?,14+/m0/s1. The Hall–Kier alpha value is -2.02. The molecule has 0 aliphatic carbocycles. The SMILES string of the molecule is CC(=O)OC(O)[C@H]1O[C@@H](n2cc(C)c(=O)[nH]c2=O)[C@H](Br)[C@@]1(O)OC(C)=O. The molecule has 0 bridgehead atoms. The van der Waals surface area contributed by atoms with E-state index in [0.717, 1.165) is 18.4 Å². The lowest BCUT2D eigenvalue weighted by Gasteiger charge is -2.31. The summed E-state index contributed by atoms with van der Waals surface area (Å²) < 4.78 is 15.9. The number of carbonyl (C=O) groups is 2. The minimum Gasteiger partial charge on any atom is -0.433 e. The van der Waals surface area contributed by atoms with E-state index in [1.165, 1.54) is 13.1 Å². The van der Waals surface area contributed by atoms with Crippen LogP contribution in [0.15, 0.2) is 15.8 Å². The normalized spacial score (nSPS) is 29.2. The Bertz CT molecular complexity index is 834. The summed E-state index contributed by atoms with van der Waals surface area (Å²) in [6.07, 6.45) is -3.86. The van der Waals surface area contributed by atoms with Crippen LogP contribution in [-0.2, 0) is 23.8 Å². The van der Waals surface area contributed by atoms with Gasteiger partial charge in [-0.3, -0.25) is 23.9 Å². The summed E-state index contributed by atoms with van der Waals surface area (Å²) in [5, 5.41) is 20.8. The Kier molecular flexibility index (Phi) is 5.70. The number of aliphatic hydroxyl groups excluding tert-OH is 1. The molecule has 1 aromatic rings. The van der Waals surface area contributed by atoms with Crippen molar-refractivity contribution >= 4 is 27.9 Å². The van der Waals surface area contributed by atoms with Gasteiger partial charge in [-0.1, -0.05) is 15.9 Å². The van der Waals surface area contributed by atoms with Gasteiger partial charge in [0.15, 0.2) is 12.3 Å². The molecule has 2 heterocycles. The first-order valence-electron chi connectivity index (χ1n) is 7.36. The minimum absolute atomic E-state index is 0.174. The second-order valence-electron chi connectivity index (χ2n) is 5.67. The van der Waals surface area contributed by atoms with Crippen LogP contribution in [0.2, 0.25) is 0 Å². The molecule has 0 aromatic carbocycles. The molecule has 1 saturated heterocycles. The second-order valence-corrected chi connectivity index (χ2v) is 6.66. The van der Waals surface area contributed by atoms with Crippen LogP contribution in [-0.4, -0.2) is 54.7 Å². The number of nitrogens with zero attached hydrogens (tertiary/aromatic N) is 1. The molecule has 1 aliphatic heterocycles. The number of carbonyl (C=O) groups excluding carboxylic acids is 2. The molecule has 1 aromatic heterocycles. The lowest BCUT2D eigenvalue weighted by Crippen LogP contribution is -2.54. The van der Waals surface area contributed by atoms with Crippen molar-refractivity contribution in [2.75, 3.05) is 0 Å². The van der Waals surface area contributed by atoms with E-state index in [0.29, 0.717) is 0 Å². The van der Waals surface area contributed by atoms with Gasteiger partial charge in [-0.25, -0.2) is 4.79 Å². The van der Waals surface area contributed by atoms with Crippen LogP contribution in [0.1, 0.15) is 25.6 Å². The average Bonchev–Trinajstić information content (AvgIpc) is 2.74. The Morgan fingerprint density at radius 3 is 2.54 bits per heavy atom. The third kappa shape index (κ3) is 3.72. The highest BCUT2D eigenvalue weighted by molar-refractivity contribution is 9.09. The van der Waals surface area contributed by atoms with Gasteiger partial charge in [0.05, 0.1) is 0 Å². The highest BCUT2D eigenvalue weighted by Gasteiger charge is 2.62. The zero-order valence-electron chi connectivity index (χ0n) is 14.0. The number of hydrogen-bond acceptors (Lipinski definition) is 9. The fourth-order valence-electron chi connectivity index (χ4n) is 2.51. The van der Waals surface area contributed by atoms with Gasteiger partial charge >= 0.3 is 17.6 Å². The second kappa shape index (κ2) is 7.31.